The largest absolute Gasteiger partial charge is 0.327 e. The molecule has 0 aromatic heterocycles. The third kappa shape index (κ3) is 2.58. The first kappa shape index (κ1) is 12.2. The highest BCUT2D eigenvalue weighted by Crippen LogP contribution is 2.40. The van der Waals surface area contributed by atoms with E-state index in [0.29, 0.717) is 12.0 Å². The first-order valence-electron chi connectivity index (χ1n) is 6.98. The van der Waals surface area contributed by atoms with Gasteiger partial charge in [0.1, 0.15) is 0 Å². The second-order valence-electron chi connectivity index (χ2n) is 5.78. The van der Waals surface area contributed by atoms with Crippen LogP contribution in [0.5, 0.6) is 0 Å². The second-order valence-corrected chi connectivity index (χ2v) is 5.78. The quantitative estimate of drug-likeness (QED) is 0.870. The third-order valence-electron chi connectivity index (χ3n) is 4.28. The van der Waals surface area contributed by atoms with Gasteiger partial charge in [0.2, 0.25) is 0 Å². The molecule has 18 heavy (non-hydrogen) atoms. The number of hydrogen-bond acceptors (Lipinski definition) is 3. The van der Waals surface area contributed by atoms with Crippen LogP contribution in [0.2, 0.25) is 0 Å². The highest BCUT2D eigenvalue weighted by Gasteiger charge is 2.36. The first-order chi connectivity index (χ1) is 8.74. The summed E-state index contributed by atoms with van der Waals surface area (Å²) in [5.41, 5.74) is 8.97. The molecule has 2 unspecified atom stereocenters. The van der Waals surface area contributed by atoms with Crippen LogP contribution in [0.3, 0.4) is 0 Å². The Kier molecular flexibility index (Phi) is 3.37. The van der Waals surface area contributed by atoms with E-state index in [4.69, 9.17) is 5.73 Å². The average molecular weight is 245 g/mol. The fourth-order valence-electron chi connectivity index (χ4n) is 2.86. The molecule has 0 amide bonds. The molecular formula is C15H23N3. The van der Waals surface area contributed by atoms with Gasteiger partial charge in [0.15, 0.2) is 0 Å². The van der Waals surface area contributed by atoms with Crippen molar-refractivity contribution in [2.24, 2.45) is 5.73 Å². The van der Waals surface area contributed by atoms with Crippen molar-refractivity contribution in [1.82, 2.24) is 9.80 Å². The SMILES string of the molecule is CN1CCN(Cc2ccccc2C2CC2N)CC1. The van der Waals surface area contributed by atoms with Crippen LogP contribution in [0.1, 0.15) is 23.5 Å². The molecule has 3 nitrogen and oxygen atoms in total. The van der Waals surface area contributed by atoms with Crippen molar-refractivity contribution in [3.8, 4) is 0 Å². The van der Waals surface area contributed by atoms with Crippen molar-refractivity contribution in [2.75, 3.05) is 33.2 Å². The highest BCUT2D eigenvalue weighted by molar-refractivity contribution is 5.35. The lowest BCUT2D eigenvalue weighted by atomic mass is 10.0. The summed E-state index contributed by atoms with van der Waals surface area (Å²) in [6.45, 7) is 5.83. The Hall–Kier alpha value is -0.900. The number of nitrogens with two attached hydrogens (primary N) is 1. The van der Waals surface area contributed by atoms with E-state index < -0.39 is 0 Å². The van der Waals surface area contributed by atoms with Gasteiger partial charge in [-0.05, 0) is 24.6 Å². The van der Waals surface area contributed by atoms with Gasteiger partial charge in [0.05, 0.1) is 0 Å². The number of rotatable bonds is 3. The molecule has 1 heterocycles. The Morgan fingerprint density at radius 2 is 1.83 bits per heavy atom. The number of piperazine rings is 1. The molecule has 1 aromatic rings. The van der Waals surface area contributed by atoms with Crippen LogP contribution in [0.4, 0.5) is 0 Å². The third-order valence-corrected chi connectivity index (χ3v) is 4.28. The van der Waals surface area contributed by atoms with Gasteiger partial charge in [0, 0.05) is 44.7 Å². The molecule has 98 valence electrons. The minimum Gasteiger partial charge on any atom is -0.327 e. The summed E-state index contributed by atoms with van der Waals surface area (Å²) in [5.74, 6) is 0.619. The van der Waals surface area contributed by atoms with Crippen molar-refractivity contribution in [3.63, 3.8) is 0 Å². The predicted molar refractivity (Wildman–Crippen MR) is 74.5 cm³/mol. The van der Waals surface area contributed by atoms with E-state index >= 15 is 0 Å². The molecule has 1 saturated carbocycles. The minimum atomic E-state index is 0.402. The number of nitrogens with zero attached hydrogens (tertiary/aromatic N) is 2. The number of likely N-dealkylation sites (N-methyl/N-ethyl adjacent to an activating group) is 1. The van der Waals surface area contributed by atoms with Crippen molar-refractivity contribution < 1.29 is 0 Å². The summed E-state index contributed by atoms with van der Waals surface area (Å²) in [5, 5.41) is 0. The Morgan fingerprint density at radius 3 is 2.50 bits per heavy atom. The van der Waals surface area contributed by atoms with E-state index in [2.05, 4.69) is 41.1 Å². The summed E-state index contributed by atoms with van der Waals surface area (Å²) >= 11 is 0. The maximum absolute atomic E-state index is 6.00. The average Bonchev–Trinajstić information content (AvgIpc) is 3.10. The number of benzene rings is 1. The molecule has 1 aliphatic carbocycles. The molecule has 2 N–H and O–H groups in total. The van der Waals surface area contributed by atoms with E-state index in [1.54, 1.807) is 0 Å². The van der Waals surface area contributed by atoms with E-state index in [-0.39, 0.29) is 0 Å². The fourth-order valence-corrected chi connectivity index (χ4v) is 2.86. The molecule has 1 aliphatic heterocycles. The van der Waals surface area contributed by atoms with E-state index in [9.17, 15) is 0 Å². The summed E-state index contributed by atoms with van der Waals surface area (Å²) in [6, 6.07) is 9.25. The van der Waals surface area contributed by atoms with Crippen LogP contribution in [-0.2, 0) is 6.54 Å². The molecule has 1 aromatic carbocycles. The first-order valence-corrected chi connectivity index (χ1v) is 6.98. The van der Waals surface area contributed by atoms with Gasteiger partial charge < -0.3 is 10.6 Å². The van der Waals surface area contributed by atoms with Crippen LogP contribution < -0.4 is 5.73 Å². The van der Waals surface area contributed by atoms with Crippen LogP contribution in [0.15, 0.2) is 24.3 Å². The molecule has 0 bridgehead atoms. The van der Waals surface area contributed by atoms with Crippen LogP contribution in [0.25, 0.3) is 0 Å². The monoisotopic (exact) mass is 245 g/mol. The highest BCUT2D eigenvalue weighted by atomic mass is 15.2. The van der Waals surface area contributed by atoms with Crippen molar-refractivity contribution in [1.29, 1.82) is 0 Å². The lowest BCUT2D eigenvalue weighted by Gasteiger charge is -2.32. The zero-order valence-corrected chi connectivity index (χ0v) is 11.2. The standard InChI is InChI=1S/C15H23N3/c1-17-6-8-18(9-7-17)11-12-4-2-3-5-13(12)14-10-15(14)16/h2-5,14-15H,6-11,16H2,1H3. The van der Waals surface area contributed by atoms with Gasteiger partial charge in [-0.15, -0.1) is 0 Å². The number of hydrogen-bond donors (Lipinski definition) is 1. The van der Waals surface area contributed by atoms with Gasteiger partial charge in [-0.2, -0.15) is 0 Å². The van der Waals surface area contributed by atoms with Crippen molar-refractivity contribution in [3.05, 3.63) is 35.4 Å². The maximum Gasteiger partial charge on any atom is 0.0237 e. The van der Waals surface area contributed by atoms with E-state index in [0.717, 1.165) is 6.54 Å². The Labute approximate surface area is 110 Å². The molecule has 0 spiro atoms. The molecular weight excluding hydrogens is 222 g/mol. The van der Waals surface area contributed by atoms with E-state index in [1.807, 2.05) is 0 Å². The van der Waals surface area contributed by atoms with Crippen LogP contribution in [-0.4, -0.2) is 49.1 Å². The van der Waals surface area contributed by atoms with Crippen LogP contribution >= 0.6 is 0 Å². The molecule has 3 heteroatoms. The second kappa shape index (κ2) is 5.00. The minimum absolute atomic E-state index is 0.402. The van der Waals surface area contributed by atoms with E-state index in [1.165, 1.54) is 43.7 Å². The lowest BCUT2D eigenvalue weighted by Crippen LogP contribution is -2.44. The predicted octanol–water partition coefficient (Wildman–Crippen LogP) is 1.25. The summed E-state index contributed by atoms with van der Waals surface area (Å²) < 4.78 is 0. The van der Waals surface area contributed by atoms with Crippen LogP contribution in [0, 0.1) is 0 Å². The molecule has 3 rings (SSSR count). The topological polar surface area (TPSA) is 32.5 Å². The lowest BCUT2D eigenvalue weighted by molar-refractivity contribution is 0.148. The fraction of sp³-hybridized carbons (Fsp3) is 0.600. The Morgan fingerprint density at radius 1 is 1.17 bits per heavy atom. The molecule has 2 atom stereocenters. The smallest absolute Gasteiger partial charge is 0.0237 e. The van der Waals surface area contributed by atoms with Gasteiger partial charge in [0.25, 0.3) is 0 Å². The normalized spacial score (nSPS) is 29.4. The summed E-state index contributed by atoms with van der Waals surface area (Å²) in [4.78, 5) is 4.96. The zero-order valence-electron chi connectivity index (χ0n) is 11.2. The van der Waals surface area contributed by atoms with Crippen molar-refractivity contribution in [2.45, 2.75) is 24.9 Å². The molecule has 1 saturated heterocycles. The molecule has 2 aliphatic rings. The molecule has 2 fully saturated rings. The molecule has 0 radical (unpaired) electrons. The summed E-state index contributed by atoms with van der Waals surface area (Å²) in [6.07, 6.45) is 1.17. The van der Waals surface area contributed by atoms with Crippen molar-refractivity contribution >= 4 is 0 Å². The van der Waals surface area contributed by atoms with Gasteiger partial charge >= 0.3 is 0 Å². The Bertz CT molecular complexity index is 410. The zero-order chi connectivity index (χ0) is 12.5. The maximum atomic E-state index is 6.00. The van der Waals surface area contributed by atoms with Gasteiger partial charge in [-0.25, -0.2) is 0 Å². The van der Waals surface area contributed by atoms with Gasteiger partial charge in [-0.3, -0.25) is 4.90 Å². The Balaban J connectivity index is 1.69. The summed E-state index contributed by atoms with van der Waals surface area (Å²) in [7, 11) is 2.20. The van der Waals surface area contributed by atoms with Gasteiger partial charge in [-0.1, -0.05) is 24.3 Å².